The molecule has 0 bridgehead atoms. The van der Waals surface area contributed by atoms with Crippen LogP contribution < -0.4 is 0 Å². The maximum Gasteiger partial charge on any atom is 0.0751 e. The minimum atomic E-state index is -0.493. The third-order valence-corrected chi connectivity index (χ3v) is 5.55. The molecule has 124 valence electrons. The Kier molecular flexibility index (Phi) is 7.97. The zero-order valence-electron chi connectivity index (χ0n) is 14.6. The molecule has 0 spiro atoms. The van der Waals surface area contributed by atoms with E-state index in [9.17, 15) is 10.2 Å². The third-order valence-electron chi connectivity index (χ3n) is 5.55. The molecule has 1 aliphatic rings. The van der Waals surface area contributed by atoms with E-state index in [0.717, 1.165) is 44.9 Å². The fourth-order valence-corrected chi connectivity index (χ4v) is 3.53. The largest absolute Gasteiger partial charge is 0.390 e. The molecule has 1 aliphatic carbocycles. The number of allylic oxidation sites excluding steroid dienone is 1. The molecule has 2 N–H and O–H groups in total. The molecule has 0 saturated carbocycles. The van der Waals surface area contributed by atoms with Crippen molar-refractivity contribution in [3.8, 4) is 0 Å². The van der Waals surface area contributed by atoms with Crippen LogP contribution in [0, 0.1) is 11.8 Å². The van der Waals surface area contributed by atoms with Crippen LogP contribution in [0.15, 0.2) is 11.6 Å². The van der Waals surface area contributed by atoms with Crippen molar-refractivity contribution in [2.24, 2.45) is 11.8 Å². The van der Waals surface area contributed by atoms with Gasteiger partial charge in [-0.15, -0.1) is 0 Å². The molecule has 0 fully saturated rings. The highest BCUT2D eigenvalue weighted by Crippen LogP contribution is 2.36. The lowest BCUT2D eigenvalue weighted by Crippen LogP contribution is -2.33. The van der Waals surface area contributed by atoms with Gasteiger partial charge in [0.25, 0.3) is 0 Å². The van der Waals surface area contributed by atoms with Gasteiger partial charge >= 0.3 is 0 Å². The molecule has 0 aromatic carbocycles. The van der Waals surface area contributed by atoms with Crippen molar-refractivity contribution in [2.45, 2.75) is 97.2 Å². The Labute approximate surface area is 131 Å². The Morgan fingerprint density at radius 2 is 1.90 bits per heavy atom. The van der Waals surface area contributed by atoms with Crippen LogP contribution in [0.5, 0.6) is 0 Å². The second-order valence-electron chi connectivity index (χ2n) is 7.07. The van der Waals surface area contributed by atoms with Gasteiger partial charge in [-0.1, -0.05) is 58.6 Å². The highest BCUT2D eigenvalue weighted by Gasteiger charge is 2.31. The summed E-state index contributed by atoms with van der Waals surface area (Å²) in [7, 11) is 0. The SMILES string of the molecule is CCCCCC(O)(CC)CCC1CC(CC)=CC(O)C1C. The van der Waals surface area contributed by atoms with Crippen LogP contribution in [0.2, 0.25) is 0 Å². The molecule has 0 aromatic rings. The minimum absolute atomic E-state index is 0.298. The number of rotatable bonds is 9. The molecular formula is C19H36O2. The van der Waals surface area contributed by atoms with Crippen molar-refractivity contribution in [3.63, 3.8) is 0 Å². The summed E-state index contributed by atoms with van der Waals surface area (Å²) < 4.78 is 0. The number of aliphatic hydroxyl groups is 2. The number of aliphatic hydroxyl groups excluding tert-OH is 1. The Morgan fingerprint density at radius 3 is 2.48 bits per heavy atom. The lowest BCUT2D eigenvalue weighted by atomic mass is 9.74. The maximum absolute atomic E-state index is 10.8. The molecule has 4 atom stereocenters. The van der Waals surface area contributed by atoms with Gasteiger partial charge in [0.1, 0.15) is 0 Å². The van der Waals surface area contributed by atoms with Crippen molar-refractivity contribution in [2.75, 3.05) is 0 Å². The molecule has 0 saturated heterocycles. The van der Waals surface area contributed by atoms with E-state index in [1.54, 1.807) is 0 Å². The number of unbranched alkanes of at least 4 members (excludes halogenated alkanes) is 2. The highest BCUT2D eigenvalue weighted by molar-refractivity contribution is 5.11. The quantitative estimate of drug-likeness (QED) is 0.472. The summed E-state index contributed by atoms with van der Waals surface area (Å²) in [5.41, 5.74) is 0.893. The molecule has 0 amide bonds. The van der Waals surface area contributed by atoms with Crippen LogP contribution in [0.3, 0.4) is 0 Å². The second kappa shape index (κ2) is 8.95. The summed E-state index contributed by atoms with van der Waals surface area (Å²) in [6.07, 6.45) is 11.1. The molecule has 0 heterocycles. The standard InChI is InChI=1S/C19H36O2/c1-5-8-9-11-19(21,7-3)12-10-17-13-16(6-2)14-18(20)15(17)4/h14-15,17-18,20-21H,5-13H2,1-4H3. The van der Waals surface area contributed by atoms with Gasteiger partial charge in [0, 0.05) is 0 Å². The topological polar surface area (TPSA) is 40.5 Å². The van der Waals surface area contributed by atoms with Crippen LogP contribution in [0.25, 0.3) is 0 Å². The zero-order valence-corrected chi connectivity index (χ0v) is 14.6. The summed E-state index contributed by atoms with van der Waals surface area (Å²) in [5, 5.41) is 20.9. The first kappa shape index (κ1) is 18.7. The number of hydrogen-bond donors (Lipinski definition) is 2. The second-order valence-corrected chi connectivity index (χ2v) is 7.07. The molecule has 4 unspecified atom stereocenters. The van der Waals surface area contributed by atoms with Crippen molar-refractivity contribution in [3.05, 3.63) is 11.6 Å². The van der Waals surface area contributed by atoms with Gasteiger partial charge in [0.15, 0.2) is 0 Å². The van der Waals surface area contributed by atoms with Gasteiger partial charge in [-0.3, -0.25) is 0 Å². The molecule has 2 heteroatoms. The zero-order chi connectivity index (χ0) is 15.9. The predicted octanol–water partition coefficient (Wildman–Crippen LogP) is 4.84. The van der Waals surface area contributed by atoms with Gasteiger partial charge < -0.3 is 10.2 Å². The van der Waals surface area contributed by atoms with Crippen molar-refractivity contribution >= 4 is 0 Å². The summed E-state index contributed by atoms with van der Waals surface area (Å²) in [6, 6.07) is 0. The monoisotopic (exact) mass is 296 g/mol. The maximum atomic E-state index is 10.8. The van der Waals surface area contributed by atoms with E-state index in [1.165, 1.54) is 18.4 Å². The molecular weight excluding hydrogens is 260 g/mol. The van der Waals surface area contributed by atoms with Gasteiger partial charge in [0.2, 0.25) is 0 Å². The van der Waals surface area contributed by atoms with Gasteiger partial charge in [-0.2, -0.15) is 0 Å². The van der Waals surface area contributed by atoms with Crippen LogP contribution in [0.1, 0.15) is 85.5 Å². The van der Waals surface area contributed by atoms with Gasteiger partial charge in [-0.05, 0) is 50.4 Å². The van der Waals surface area contributed by atoms with Crippen LogP contribution in [-0.2, 0) is 0 Å². The van der Waals surface area contributed by atoms with E-state index in [2.05, 4.69) is 33.8 Å². The van der Waals surface area contributed by atoms with Crippen LogP contribution in [0.4, 0.5) is 0 Å². The van der Waals surface area contributed by atoms with E-state index in [0.29, 0.717) is 11.8 Å². The fraction of sp³-hybridized carbons (Fsp3) is 0.895. The Bertz CT molecular complexity index is 324. The first-order valence-corrected chi connectivity index (χ1v) is 9.05. The molecule has 0 aliphatic heterocycles. The molecule has 21 heavy (non-hydrogen) atoms. The Hall–Kier alpha value is -0.340. The highest BCUT2D eigenvalue weighted by atomic mass is 16.3. The fourth-order valence-electron chi connectivity index (χ4n) is 3.53. The van der Waals surface area contributed by atoms with Crippen molar-refractivity contribution < 1.29 is 10.2 Å². The molecule has 1 rings (SSSR count). The smallest absolute Gasteiger partial charge is 0.0751 e. The first-order chi connectivity index (χ1) is 9.95. The molecule has 0 radical (unpaired) electrons. The Morgan fingerprint density at radius 1 is 1.19 bits per heavy atom. The third kappa shape index (κ3) is 5.75. The molecule has 2 nitrogen and oxygen atoms in total. The first-order valence-electron chi connectivity index (χ1n) is 9.05. The van der Waals surface area contributed by atoms with E-state index in [-0.39, 0.29) is 6.10 Å². The van der Waals surface area contributed by atoms with E-state index >= 15 is 0 Å². The van der Waals surface area contributed by atoms with Crippen molar-refractivity contribution in [1.82, 2.24) is 0 Å². The summed E-state index contributed by atoms with van der Waals surface area (Å²) in [5.74, 6) is 0.834. The van der Waals surface area contributed by atoms with Gasteiger partial charge in [0.05, 0.1) is 11.7 Å². The summed E-state index contributed by atoms with van der Waals surface area (Å²) in [4.78, 5) is 0. The molecule has 0 aromatic heterocycles. The van der Waals surface area contributed by atoms with E-state index < -0.39 is 5.60 Å². The van der Waals surface area contributed by atoms with E-state index in [1.807, 2.05) is 0 Å². The predicted molar refractivity (Wildman–Crippen MR) is 90.3 cm³/mol. The lowest BCUT2D eigenvalue weighted by Gasteiger charge is -2.35. The van der Waals surface area contributed by atoms with Crippen LogP contribution >= 0.6 is 0 Å². The Balaban J connectivity index is 2.53. The van der Waals surface area contributed by atoms with Gasteiger partial charge in [-0.25, -0.2) is 0 Å². The average molecular weight is 296 g/mol. The lowest BCUT2D eigenvalue weighted by molar-refractivity contribution is 0.00369. The summed E-state index contributed by atoms with van der Waals surface area (Å²) in [6.45, 7) is 8.62. The minimum Gasteiger partial charge on any atom is -0.390 e. The normalized spacial score (nSPS) is 29.0. The summed E-state index contributed by atoms with van der Waals surface area (Å²) >= 11 is 0. The van der Waals surface area contributed by atoms with Crippen molar-refractivity contribution in [1.29, 1.82) is 0 Å². The average Bonchev–Trinajstić information content (AvgIpc) is 2.49. The van der Waals surface area contributed by atoms with E-state index in [4.69, 9.17) is 0 Å². The number of hydrogen-bond acceptors (Lipinski definition) is 2. The van der Waals surface area contributed by atoms with Crippen LogP contribution in [-0.4, -0.2) is 21.9 Å².